The Bertz CT molecular complexity index is 1410. The summed E-state index contributed by atoms with van der Waals surface area (Å²) in [6.07, 6.45) is 4.36. The fraction of sp³-hybridized carbons (Fsp3) is 0.595. The normalized spacial score (nSPS) is 30.7. The minimum atomic E-state index is -1.10. The van der Waals surface area contributed by atoms with Crippen molar-refractivity contribution in [3.63, 3.8) is 0 Å². The highest BCUT2D eigenvalue weighted by atomic mass is 19.1. The Balaban J connectivity index is 0.000000221. The Labute approximate surface area is 272 Å². The smallest absolute Gasteiger partial charge is 0.314 e. The predicted octanol–water partition coefficient (Wildman–Crippen LogP) is 4.75. The number of hydrogen-bond donors (Lipinski definition) is 2. The number of hydrogen-bond acceptors (Lipinski definition) is 7. The minimum absolute atomic E-state index is 0.0484. The maximum atomic E-state index is 14.0. The summed E-state index contributed by atoms with van der Waals surface area (Å²) in [6.45, 7) is 13.6. The number of rotatable bonds is 6. The van der Waals surface area contributed by atoms with E-state index in [1.807, 2.05) is 24.3 Å². The number of nitrogens with one attached hydrogen (secondary N) is 1. The zero-order chi connectivity index (χ0) is 32.3. The lowest BCUT2D eigenvalue weighted by Gasteiger charge is -2.49. The molecule has 2 N–H and O–H groups in total. The van der Waals surface area contributed by atoms with Gasteiger partial charge in [0.05, 0.1) is 0 Å². The lowest BCUT2D eigenvalue weighted by atomic mass is 9.58. The molecule has 250 valence electrons. The fourth-order valence-corrected chi connectivity index (χ4v) is 8.33. The van der Waals surface area contributed by atoms with E-state index in [0.717, 1.165) is 89.3 Å². The van der Waals surface area contributed by atoms with Crippen LogP contribution in [0.4, 0.5) is 8.78 Å². The molecule has 7 rings (SSSR count). The van der Waals surface area contributed by atoms with Gasteiger partial charge in [-0.2, -0.15) is 0 Å². The molecular formula is C37H50F2N4O3. The summed E-state index contributed by atoms with van der Waals surface area (Å²) < 4.78 is 33.2. The van der Waals surface area contributed by atoms with Gasteiger partial charge >= 0.3 is 5.97 Å². The van der Waals surface area contributed by atoms with Gasteiger partial charge in [0.15, 0.2) is 6.10 Å². The van der Waals surface area contributed by atoms with Gasteiger partial charge in [0.1, 0.15) is 23.2 Å². The lowest BCUT2D eigenvalue weighted by molar-refractivity contribution is -0.144. The van der Waals surface area contributed by atoms with Crippen molar-refractivity contribution in [2.24, 2.45) is 11.3 Å². The van der Waals surface area contributed by atoms with Gasteiger partial charge in [-0.05, 0) is 62.1 Å². The summed E-state index contributed by atoms with van der Waals surface area (Å²) in [5, 5.41) is 15.0. The molecule has 0 aromatic heterocycles. The van der Waals surface area contributed by atoms with Crippen LogP contribution < -0.4 is 5.32 Å². The van der Waals surface area contributed by atoms with E-state index in [1.165, 1.54) is 29.7 Å². The molecule has 0 radical (unpaired) electrons. The van der Waals surface area contributed by atoms with Crippen molar-refractivity contribution in [2.75, 3.05) is 58.9 Å². The minimum Gasteiger partial charge on any atom is -0.454 e. The van der Waals surface area contributed by atoms with Crippen molar-refractivity contribution in [3.05, 3.63) is 82.4 Å². The largest absolute Gasteiger partial charge is 0.454 e. The highest BCUT2D eigenvalue weighted by Crippen LogP contribution is 2.57. The van der Waals surface area contributed by atoms with E-state index < -0.39 is 17.6 Å². The highest BCUT2D eigenvalue weighted by Gasteiger charge is 2.63. The number of allylic oxidation sites excluding steroid dienone is 1. The Hall–Kier alpha value is -2.69. The molecule has 3 heterocycles. The molecule has 2 aliphatic carbocycles. The quantitative estimate of drug-likeness (QED) is 0.351. The van der Waals surface area contributed by atoms with Gasteiger partial charge in [-0.25, -0.2) is 8.78 Å². The van der Waals surface area contributed by atoms with Gasteiger partial charge in [0.2, 0.25) is 0 Å². The standard InChI is InChI=1S/C26H35FN2O3.C11H15FN2/c1-18-6-5-9-25(2)10-11-26(31)20(24(30)32-23(26)22(18)25)17-29-14-12-28(13-15-29)16-19-7-3-4-8-21(19)27;12-11-4-2-1-3-10(11)9-14-7-5-13-6-8-14/h3-4,7-8,20,23,31H,5-6,9-17H2,1-2H3;1-4,13H,5-9H2/t20?,23-,25+,26?;/m0./s1. The molecular weight excluding hydrogens is 586 g/mol. The van der Waals surface area contributed by atoms with Crippen LogP contribution in [0.3, 0.4) is 0 Å². The van der Waals surface area contributed by atoms with Gasteiger partial charge in [-0.3, -0.25) is 19.5 Å². The van der Waals surface area contributed by atoms with Crippen molar-refractivity contribution < 1.29 is 23.4 Å². The summed E-state index contributed by atoms with van der Waals surface area (Å²) >= 11 is 0. The Morgan fingerprint density at radius 3 is 2.02 bits per heavy atom. The van der Waals surface area contributed by atoms with E-state index in [9.17, 15) is 18.7 Å². The first-order valence-electron chi connectivity index (χ1n) is 17.1. The Morgan fingerprint density at radius 2 is 1.41 bits per heavy atom. The molecule has 3 aliphatic heterocycles. The molecule has 7 nitrogen and oxygen atoms in total. The third kappa shape index (κ3) is 7.09. The molecule has 4 atom stereocenters. The number of piperazine rings is 2. The molecule has 46 heavy (non-hydrogen) atoms. The molecule has 2 aromatic carbocycles. The first-order chi connectivity index (χ1) is 22.2. The van der Waals surface area contributed by atoms with E-state index in [4.69, 9.17) is 4.74 Å². The molecule has 0 spiro atoms. The average molecular weight is 637 g/mol. The van der Waals surface area contributed by atoms with Crippen LogP contribution in [0.2, 0.25) is 0 Å². The van der Waals surface area contributed by atoms with Gasteiger partial charge in [0, 0.05) is 83.1 Å². The molecule has 2 unspecified atom stereocenters. The summed E-state index contributed by atoms with van der Waals surface area (Å²) in [5.41, 5.74) is 2.97. The molecule has 5 aliphatic rings. The van der Waals surface area contributed by atoms with Crippen molar-refractivity contribution in [3.8, 4) is 0 Å². The number of carbonyl (C=O) groups is 1. The van der Waals surface area contributed by atoms with Gasteiger partial charge in [0.25, 0.3) is 0 Å². The van der Waals surface area contributed by atoms with Crippen LogP contribution in [-0.4, -0.2) is 96.4 Å². The predicted molar refractivity (Wildman–Crippen MR) is 175 cm³/mol. The maximum absolute atomic E-state index is 14.0. The Morgan fingerprint density at radius 1 is 0.848 bits per heavy atom. The van der Waals surface area contributed by atoms with Crippen LogP contribution in [0.5, 0.6) is 0 Å². The topological polar surface area (TPSA) is 68.3 Å². The number of ether oxygens (including phenoxy) is 1. The molecule has 4 fully saturated rings. The zero-order valence-corrected chi connectivity index (χ0v) is 27.4. The van der Waals surface area contributed by atoms with Crippen LogP contribution in [0, 0.1) is 23.0 Å². The van der Waals surface area contributed by atoms with E-state index in [2.05, 4.69) is 33.9 Å². The van der Waals surface area contributed by atoms with E-state index in [0.29, 0.717) is 19.5 Å². The number of esters is 1. The van der Waals surface area contributed by atoms with Crippen LogP contribution in [0.15, 0.2) is 59.7 Å². The van der Waals surface area contributed by atoms with Gasteiger partial charge in [-0.15, -0.1) is 0 Å². The molecule has 0 amide bonds. The monoisotopic (exact) mass is 636 g/mol. The SMILES string of the molecule is CC1=C2[C@@H]3OC(=O)C(CN4CCN(Cc5ccccc5F)CC4)C3(O)CC[C@@]2(C)CCC1.Fc1ccccc1CN1CCNCC1. The van der Waals surface area contributed by atoms with E-state index >= 15 is 0 Å². The number of carbonyl (C=O) groups excluding carboxylic acids is 1. The molecule has 3 saturated heterocycles. The molecule has 1 saturated carbocycles. The summed E-state index contributed by atoms with van der Waals surface area (Å²) in [6, 6.07) is 13.9. The second-order valence-electron chi connectivity index (χ2n) is 14.3. The highest BCUT2D eigenvalue weighted by molar-refractivity contribution is 5.78. The van der Waals surface area contributed by atoms with Crippen LogP contribution in [-0.2, 0) is 22.6 Å². The zero-order valence-electron chi connectivity index (χ0n) is 27.4. The summed E-state index contributed by atoms with van der Waals surface area (Å²) in [5.74, 6) is -1.00. The van der Waals surface area contributed by atoms with Crippen LogP contribution in [0.25, 0.3) is 0 Å². The van der Waals surface area contributed by atoms with Crippen molar-refractivity contribution >= 4 is 5.97 Å². The first kappa shape index (κ1) is 33.2. The van der Waals surface area contributed by atoms with E-state index in [-0.39, 0.29) is 23.0 Å². The molecule has 9 heteroatoms. The van der Waals surface area contributed by atoms with Gasteiger partial charge < -0.3 is 15.2 Å². The second-order valence-corrected chi connectivity index (χ2v) is 14.3. The van der Waals surface area contributed by atoms with Crippen molar-refractivity contribution in [1.82, 2.24) is 20.0 Å². The summed E-state index contributed by atoms with van der Waals surface area (Å²) in [7, 11) is 0. The number of nitrogens with zero attached hydrogens (tertiary/aromatic N) is 3. The second kappa shape index (κ2) is 14.2. The molecule has 2 aromatic rings. The van der Waals surface area contributed by atoms with E-state index in [1.54, 1.807) is 12.1 Å². The third-order valence-electron chi connectivity index (χ3n) is 11.1. The fourth-order valence-electron chi connectivity index (χ4n) is 8.33. The lowest BCUT2D eigenvalue weighted by Crippen LogP contribution is -2.56. The number of halogens is 2. The third-order valence-corrected chi connectivity index (χ3v) is 11.1. The number of aliphatic hydroxyl groups is 1. The number of fused-ring (bicyclic) bond motifs is 3. The van der Waals surface area contributed by atoms with Crippen molar-refractivity contribution in [1.29, 1.82) is 0 Å². The van der Waals surface area contributed by atoms with Gasteiger partial charge in [-0.1, -0.05) is 48.9 Å². The Kier molecular flexibility index (Phi) is 10.3. The molecule has 0 bridgehead atoms. The maximum Gasteiger partial charge on any atom is 0.314 e. The van der Waals surface area contributed by atoms with Crippen LogP contribution in [0.1, 0.15) is 57.1 Å². The van der Waals surface area contributed by atoms with Crippen molar-refractivity contribution in [2.45, 2.75) is 70.7 Å². The average Bonchev–Trinajstić information content (AvgIpc) is 3.30. The number of benzene rings is 2. The summed E-state index contributed by atoms with van der Waals surface area (Å²) in [4.78, 5) is 19.8. The first-order valence-corrected chi connectivity index (χ1v) is 17.1. The van der Waals surface area contributed by atoms with Crippen LogP contribution >= 0.6 is 0 Å².